The van der Waals surface area contributed by atoms with Crippen molar-refractivity contribution in [1.82, 2.24) is 15.0 Å². The summed E-state index contributed by atoms with van der Waals surface area (Å²) in [5.41, 5.74) is 0.184. The van der Waals surface area contributed by atoms with E-state index in [4.69, 9.17) is 16.3 Å². The smallest absolute Gasteiger partial charge is 0.228 e. The summed E-state index contributed by atoms with van der Waals surface area (Å²) in [6, 6.07) is 0.212. The van der Waals surface area contributed by atoms with Crippen LogP contribution in [0.25, 0.3) is 10.9 Å². The lowest BCUT2D eigenvalue weighted by Gasteiger charge is -2.27. The van der Waals surface area contributed by atoms with Gasteiger partial charge in [0, 0.05) is 6.54 Å². The number of hydrogen-bond donors (Lipinski definition) is 0. The number of nitrogens with zero attached hydrogens (tertiary/aromatic N) is 4. The Labute approximate surface area is 136 Å². The molecule has 2 aliphatic heterocycles. The van der Waals surface area contributed by atoms with Crippen molar-refractivity contribution in [1.29, 1.82) is 0 Å². The SMILES string of the molecule is CSc1nc2c3c(nc(Cl)c(F)c3n1)O[C@@H](C)[C@@H]1CCCN21. The summed E-state index contributed by atoms with van der Waals surface area (Å²) in [5, 5.41) is 0.833. The van der Waals surface area contributed by atoms with E-state index in [1.54, 1.807) is 0 Å². The average Bonchev–Trinajstić information content (AvgIpc) is 2.97. The van der Waals surface area contributed by atoms with Gasteiger partial charge in [-0.3, -0.25) is 0 Å². The molecule has 0 aromatic carbocycles. The molecule has 2 aromatic heterocycles. The number of hydrogen-bond acceptors (Lipinski definition) is 6. The molecule has 0 amide bonds. The number of aromatic nitrogens is 3. The summed E-state index contributed by atoms with van der Waals surface area (Å²) < 4.78 is 20.4. The van der Waals surface area contributed by atoms with Crippen molar-refractivity contribution in [3.05, 3.63) is 11.0 Å². The molecule has 8 heteroatoms. The number of rotatable bonds is 1. The Kier molecular flexibility index (Phi) is 3.30. The second kappa shape index (κ2) is 5.09. The Bertz CT molecular complexity index is 774. The molecule has 0 spiro atoms. The zero-order valence-electron chi connectivity index (χ0n) is 12.1. The van der Waals surface area contributed by atoms with Gasteiger partial charge >= 0.3 is 0 Å². The van der Waals surface area contributed by atoms with Crippen molar-refractivity contribution in [3.8, 4) is 5.88 Å². The van der Waals surface area contributed by atoms with Crippen LogP contribution in [0, 0.1) is 5.82 Å². The highest BCUT2D eigenvalue weighted by Gasteiger charge is 2.38. The van der Waals surface area contributed by atoms with Crippen LogP contribution in [-0.2, 0) is 0 Å². The zero-order valence-corrected chi connectivity index (χ0v) is 13.7. The number of anilines is 1. The first kappa shape index (κ1) is 14.3. The molecular weight excluding hydrogens is 327 g/mol. The summed E-state index contributed by atoms with van der Waals surface area (Å²) in [6.07, 6.45) is 3.89. The Morgan fingerprint density at radius 3 is 2.95 bits per heavy atom. The number of fused-ring (bicyclic) bond motifs is 2. The van der Waals surface area contributed by atoms with Crippen LogP contribution >= 0.6 is 23.4 Å². The van der Waals surface area contributed by atoms with Crippen LogP contribution in [0.1, 0.15) is 19.8 Å². The minimum absolute atomic E-state index is 0.0633. The molecule has 2 aromatic rings. The topological polar surface area (TPSA) is 51.1 Å². The maximum Gasteiger partial charge on any atom is 0.228 e. The lowest BCUT2D eigenvalue weighted by Crippen LogP contribution is -2.39. The molecule has 0 saturated carbocycles. The third-order valence-corrected chi connectivity index (χ3v) is 5.06. The third kappa shape index (κ3) is 1.95. The van der Waals surface area contributed by atoms with Crippen molar-refractivity contribution in [2.75, 3.05) is 17.7 Å². The van der Waals surface area contributed by atoms with E-state index in [0.29, 0.717) is 22.2 Å². The quantitative estimate of drug-likeness (QED) is 0.451. The molecule has 2 atom stereocenters. The maximum atomic E-state index is 14.4. The molecule has 2 aliphatic rings. The van der Waals surface area contributed by atoms with Gasteiger partial charge < -0.3 is 9.64 Å². The predicted molar refractivity (Wildman–Crippen MR) is 84.5 cm³/mol. The molecule has 22 heavy (non-hydrogen) atoms. The van der Waals surface area contributed by atoms with Gasteiger partial charge in [-0.2, -0.15) is 4.98 Å². The highest BCUT2D eigenvalue weighted by molar-refractivity contribution is 7.98. The predicted octanol–water partition coefficient (Wildman–Crippen LogP) is 3.29. The Balaban J connectivity index is 2.09. The molecular formula is C14H14ClFN4OS. The van der Waals surface area contributed by atoms with Crippen LogP contribution in [0.2, 0.25) is 5.15 Å². The Morgan fingerprint density at radius 2 is 2.18 bits per heavy atom. The van der Waals surface area contributed by atoms with Gasteiger partial charge in [0.2, 0.25) is 5.88 Å². The second-order valence-electron chi connectivity index (χ2n) is 5.51. The fraction of sp³-hybridized carbons (Fsp3) is 0.500. The Morgan fingerprint density at radius 1 is 1.36 bits per heavy atom. The van der Waals surface area contributed by atoms with E-state index in [1.807, 2.05) is 13.2 Å². The van der Waals surface area contributed by atoms with Gasteiger partial charge in [0.25, 0.3) is 0 Å². The summed E-state index contributed by atoms with van der Waals surface area (Å²) in [4.78, 5) is 15.2. The Hall–Kier alpha value is -1.34. The van der Waals surface area contributed by atoms with E-state index in [9.17, 15) is 4.39 Å². The number of pyridine rings is 1. The van der Waals surface area contributed by atoms with E-state index in [-0.39, 0.29) is 22.8 Å². The maximum absolute atomic E-state index is 14.4. The van der Waals surface area contributed by atoms with Crippen molar-refractivity contribution in [2.24, 2.45) is 0 Å². The molecule has 116 valence electrons. The lowest BCUT2D eigenvalue weighted by molar-refractivity contribution is 0.188. The van der Waals surface area contributed by atoms with Crippen LogP contribution in [0.5, 0.6) is 5.88 Å². The van der Waals surface area contributed by atoms with E-state index in [0.717, 1.165) is 19.4 Å². The summed E-state index contributed by atoms with van der Waals surface area (Å²) in [5.74, 6) is 0.415. The third-order valence-electron chi connectivity index (χ3n) is 4.27. The van der Waals surface area contributed by atoms with Gasteiger partial charge in [-0.15, -0.1) is 0 Å². The van der Waals surface area contributed by atoms with Crippen LogP contribution in [-0.4, -0.2) is 39.9 Å². The molecule has 0 bridgehead atoms. The van der Waals surface area contributed by atoms with Gasteiger partial charge in [0.1, 0.15) is 22.8 Å². The fourth-order valence-corrected chi connectivity index (χ4v) is 3.79. The second-order valence-corrected chi connectivity index (χ2v) is 6.64. The first-order chi connectivity index (χ1) is 10.6. The molecule has 1 fully saturated rings. The minimum atomic E-state index is -0.617. The highest BCUT2D eigenvalue weighted by atomic mass is 35.5. The first-order valence-electron chi connectivity index (χ1n) is 7.14. The van der Waals surface area contributed by atoms with Crippen molar-refractivity contribution >= 4 is 40.1 Å². The summed E-state index contributed by atoms with van der Waals surface area (Å²) in [7, 11) is 0. The van der Waals surface area contributed by atoms with Crippen molar-refractivity contribution in [3.63, 3.8) is 0 Å². The average molecular weight is 341 g/mol. The molecule has 4 rings (SSSR count). The monoisotopic (exact) mass is 340 g/mol. The van der Waals surface area contributed by atoms with Gasteiger partial charge in [-0.25, -0.2) is 14.4 Å². The van der Waals surface area contributed by atoms with Crippen molar-refractivity contribution < 1.29 is 9.13 Å². The standard InChI is InChI=1S/C14H14ClFN4OS/c1-6-7-4-3-5-20(7)12-8-10(17-14(19-12)22-2)9(16)11(15)18-13(8)21-6/h6-7H,3-5H2,1-2H3/t6-,7-/m0/s1. The highest BCUT2D eigenvalue weighted by Crippen LogP contribution is 2.42. The van der Waals surface area contributed by atoms with Crippen LogP contribution in [0.15, 0.2) is 5.16 Å². The lowest BCUT2D eigenvalue weighted by atomic mass is 10.1. The van der Waals surface area contributed by atoms with Gasteiger partial charge in [-0.1, -0.05) is 23.4 Å². The van der Waals surface area contributed by atoms with E-state index in [1.165, 1.54) is 11.8 Å². The summed E-state index contributed by atoms with van der Waals surface area (Å²) >= 11 is 7.30. The number of ether oxygens (including phenoxy) is 1. The van der Waals surface area contributed by atoms with E-state index in [2.05, 4.69) is 19.9 Å². The largest absolute Gasteiger partial charge is 0.472 e. The van der Waals surface area contributed by atoms with E-state index < -0.39 is 5.82 Å². The molecule has 1 saturated heterocycles. The number of halogens is 2. The normalized spacial score (nSPS) is 23.4. The van der Waals surface area contributed by atoms with Crippen molar-refractivity contribution in [2.45, 2.75) is 37.1 Å². The molecule has 4 heterocycles. The van der Waals surface area contributed by atoms with Gasteiger partial charge in [0.05, 0.1) is 6.04 Å². The molecule has 0 aliphatic carbocycles. The minimum Gasteiger partial charge on any atom is -0.472 e. The van der Waals surface area contributed by atoms with E-state index >= 15 is 0 Å². The zero-order chi connectivity index (χ0) is 15.4. The van der Waals surface area contributed by atoms with Gasteiger partial charge in [0.15, 0.2) is 16.1 Å². The van der Waals surface area contributed by atoms with Crippen LogP contribution in [0.4, 0.5) is 10.2 Å². The first-order valence-corrected chi connectivity index (χ1v) is 8.74. The number of thioether (sulfide) groups is 1. The van der Waals surface area contributed by atoms with Gasteiger partial charge in [-0.05, 0) is 26.0 Å². The molecule has 0 N–H and O–H groups in total. The molecule has 5 nitrogen and oxygen atoms in total. The van der Waals surface area contributed by atoms with Crippen LogP contribution < -0.4 is 9.64 Å². The molecule has 0 radical (unpaired) electrons. The van der Waals surface area contributed by atoms with Crippen LogP contribution in [0.3, 0.4) is 0 Å². The molecule has 0 unspecified atom stereocenters. The fourth-order valence-electron chi connectivity index (χ4n) is 3.26. The summed E-state index contributed by atoms with van der Waals surface area (Å²) in [6.45, 7) is 2.88.